The van der Waals surface area contributed by atoms with Crippen molar-refractivity contribution in [3.63, 3.8) is 0 Å². The maximum Gasteiger partial charge on any atom is 0.246 e. The van der Waals surface area contributed by atoms with Crippen LogP contribution in [-0.2, 0) is 15.1 Å². The molecule has 1 saturated carbocycles. The predicted octanol–water partition coefficient (Wildman–Crippen LogP) is 1.80. The van der Waals surface area contributed by atoms with Crippen LogP contribution < -0.4 is 11.1 Å². The number of nitrogens with zero attached hydrogens (tertiary/aromatic N) is 1. The number of carbonyl (C=O) groups excluding carboxylic acids is 2. The monoisotopic (exact) mass is 351 g/mol. The third-order valence-corrected chi connectivity index (χ3v) is 4.89. The first-order chi connectivity index (χ1) is 11.0. The van der Waals surface area contributed by atoms with Crippen LogP contribution in [0.25, 0.3) is 0 Å². The Morgan fingerprint density at radius 2 is 1.71 bits per heavy atom. The molecule has 2 fully saturated rings. The van der Waals surface area contributed by atoms with Gasteiger partial charge in [-0.2, -0.15) is 0 Å². The zero-order chi connectivity index (χ0) is 16.4. The van der Waals surface area contributed by atoms with Crippen LogP contribution in [0.2, 0.25) is 0 Å². The fourth-order valence-corrected chi connectivity index (χ4v) is 3.13. The minimum atomic E-state index is -1.01. The Labute approximate surface area is 149 Å². The van der Waals surface area contributed by atoms with Crippen molar-refractivity contribution in [2.24, 2.45) is 11.7 Å². The number of rotatable bonds is 4. The normalized spacial score (nSPS) is 20.7. The Morgan fingerprint density at radius 3 is 2.25 bits per heavy atom. The van der Waals surface area contributed by atoms with Gasteiger partial charge in [-0.05, 0) is 38.2 Å². The lowest BCUT2D eigenvalue weighted by Crippen LogP contribution is -2.55. The van der Waals surface area contributed by atoms with Crippen LogP contribution in [0.4, 0.5) is 0 Å². The first-order valence-corrected chi connectivity index (χ1v) is 8.42. The van der Waals surface area contributed by atoms with Crippen LogP contribution in [0, 0.1) is 5.92 Å². The summed E-state index contributed by atoms with van der Waals surface area (Å²) in [5, 5.41) is 3.10. The van der Waals surface area contributed by atoms with E-state index in [0.29, 0.717) is 13.1 Å². The number of nitrogens with two attached hydrogens (primary N) is 1. The molecule has 0 aromatic heterocycles. The maximum atomic E-state index is 12.8. The van der Waals surface area contributed by atoms with Crippen LogP contribution in [0.5, 0.6) is 0 Å². The molecule has 0 spiro atoms. The Kier molecular flexibility index (Phi) is 5.88. The van der Waals surface area contributed by atoms with E-state index >= 15 is 0 Å². The molecule has 1 aliphatic carbocycles. The van der Waals surface area contributed by atoms with E-state index in [1.807, 2.05) is 35.2 Å². The Bertz CT molecular complexity index is 579. The molecule has 6 heteroatoms. The van der Waals surface area contributed by atoms with E-state index in [4.69, 9.17) is 5.73 Å². The van der Waals surface area contributed by atoms with Gasteiger partial charge in [-0.1, -0.05) is 30.3 Å². The number of piperidine rings is 1. The lowest BCUT2D eigenvalue weighted by molar-refractivity contribution is -0.138. The molecular weight excluding hydrogens is 326 g/mol. The number of nitrogens with one attached hydrogen (secondary N) is 1. The van der Waals surface area contributed by atoms with Crippen molar-refractivity contribution in [3.8, 4) is 0 Å². The van der Waals surface area contributed by atoms with Gasteiger partial charge in [0.05, 0.1) is 0 Å². The summed E-state index contributed by atoms with van der Waals surface area (Å²) in [6, 6.07) is 9.67. The molecule has 5 nitrogen and oxygen atoms in total. The number of benzene rings is 1. The van der Waals surface area contributed by atoms with Crippen molar-refractivity contribution >= 4 is 24.2 Å². The standard InChI is InChI=1S/C18H25N3O2.ClH/c1-18(19,14-5-3-2-4-6-14)17(23)21-11-9-15(10-12-21)20-16(22)13-7-8-13;/h2-6,13,15H,7-12,19H2,1H3,(H,20,22);1H. The van der Waals surface area contributed by atoms with Gasteiger partial charge in [0.2, 0.25) is 11.8 Å². The smallest absolute Gasteiger partial charge is 0.246 e. The number of likely N-dealkylation sites (tertiary alicyclic amines) is 1. The van der Waals surface area contributed by atoms with Crippen molar-refractivity contribution in [2.75, 3.05) is 13.1 Å². The van der Waals surface area contributed by atoms with Gasteiger partial charge in [-0.3, -0.25) is 9.59 Å². The molecule has 1 aromatic rings. The van der Waals surface area contributed by atoms with E-state index < -0.39 is 5.54 Å². The van der Waals surface area contributed by atoms with E-state index in [9.17, 15) is 9.59 Å². The zero-order valence-corrected chi connectivity index (χ0v) is 14.8. The third-order valence-electron chi connectivity index (χ3n) is 4.89. The lowest BCUT2D eigenvalue weighted by atomic mass is 9.90. The molecule has 1 aromatic carbocycles. The van der Waals surface area contributed by atoms with Crippen molar-refractivity contribution in [2.45, 2.75) is 44.2 Å². The quantitative estimate of drug-likeness (QED) is 0.868. The highest BCUT2D eigenvalue weighted by atomic mass is 35.5. The lowest BCUT2D eigenvalue weighted by Gasteiger charge is -2.37. The largest absolute Gasteiger partial charge is 0.353 e. The first-order valence-electron chi connectivity index (χ1n) is 8.42. The second kappa shape index (κ2) is 7.53. The number of carbonyl (C=O) groups is 2. The van der Waals surface area contributed by atoms with E-state index in [2.05, 4.69) is 5.32 Å². The molecule has 1 unspecified atom stereocenters. The van der Waals surface area contributed by atoms with Gasteiger partial charge >= 0.3 is 0 Å². The summed E-state index contributed by atoms with van der Waals surface area (Å²) in [4.78, 5) is 26.4. The van der Waals surface area contributed by atoms with Crippen molar-refractivity contribution in [1.82, 2.24) is 10.2 Å². The second-order valence-corrected chi connectivity index (χ2v) is 6.92. The van der Waals surface area contributed by atoms with Gasteiger partial charge in [-0.25, -0.2) is 0 Å². The summed E-state index contributed by atoms with van der Waals surface area (Å²) < 4.78 is 0. The van der Waals surface area contributed by atoms with E-state index in [0.717, 1.165) is 31.2 Å². The summed E-state index contributed by atoms with van der Waals surface area (Å²) in [6.45, 7) is 3.06. The minimum Gasteiger partial charge on any atom is -0.353 e. The second-order valence-electron chi connectivity index (χ2n) is 6.92. The van der Waals surface area contributed by atoms with Crippen molar-refractivity contribution in [3.05, 3.63) is 35.9 Å². The van der Waals surface area contributed by atoms with Gasteiger partial charge in [-0.15, -0.1) is 12.4 Å². The first kappa shape index (κ1) is 18.7. The average molecular weight is 352 g/mol. The number of hydrogen-bond acceptors (Lipinski definition) is 3. The molecule has 1 atom stereocenters. The molecule has 0 radical (unpaired) electrons. The fraction of sp³-hybridized carbons (Fsp3) is 0.556. The zero-order valence-electron chi connectivity index (χ0n) is 14.0. The molecule has 24 heavy (non-hydrogen) atoms. The van der Waals surface area contributed by atoms with Crippen LogP contribution in [0.15, 0.2) is 30.3 Å². The molecule has 2 amide bonds. The number of amides is 2. The van der Waals surface area contributed by atoms with Crippen LogP contribution in [0.3, 0.4) is 0 Å². The molecule has 2 aliphatic rings. The van der Waals surface area contributed by atoms with E-state index in [1.54, 1.807) is 6.92 Å². The summed E-state index contributed by atoms with van der Waals surface area (Å²) in [6.07, 6.45) is 3.64. The summed E-state index contributed by atoms with van der Waals surface area (Å²) in [5.41, 5.74) is 6.13. The maximum absolute atomic E-state index is 12.8. The SMILES string of the molecule is CC(N)(C(=O)N1CCC(NC(=O)C2CC2)CC1)c1ccccc1.Cl. The topological polar surface area (TPSA) is 75.4 Å². The van der Waals surface area contributed by atoms with Gasteiger partial charge in [0.1, 0.15) is 5.54 Å². The van der Waals surface area contributed by atoms with Crippen molar-refractivity contribution in [1.29, 1.82) is 0 Å². The van der Waals surface area contributed by atoms with E-state index in [-0.39, 0.29) is 36.2 Å². The average Bonchev–Trinajstić information content (AvgIpc) is 3.41. The van der Waals surface area contributed by atoms with Gasteiger partial charge in [0.15, 0.2) is 0 Å². The summed E-state index contributed by atoms with van der Waals surface area (Å²) in [7, 11) is 0. The highest BCUT2D eigenvalue weighted by molar-refractivity contribution is 5.87. The van der Waals surface area contributed by atoms with Crippen molar-refractivity contribution < 1.29 is 9.59 Å². The Morgan fingerprint density at radius 1 is 1.12 bits per heavy atom. The Balaban J connectivity index is 0.00000208. The van der Waals surface area contributed by atoms with Crippen LogP contribution in [0.1, 0.15) is 38.2 Å². The van der Waals surface area contributed by atoms with Gasteiger partial charge < -0.3 is 16.0 Å². The van der Waals surface area contributed by atoms with Gasteiger partial charge in [0, 0.05) is 25.0 Å². The molecule has 1 heterocycles. The molecular formula is C18H26ClN3O2. The highest BCUT2D eigenvalue weighted by Crippen LogP contribution is 2.29. The number of hydrogen-bond donors (Lipinski definition) is 2. The Hall–Kier alpha value is -1.59. The summed E-state index contributed by atoms with van der Waals surface area (Å²) >= 11 is 0. The predicted molar refractivity (Wildman–Crippen MR) is 95.7 cm³/mol. The molecule has 3 N–H and O–H groups in total. The molecule has 1 aliphatic heterocycles. The molecule has 132 valence electrons. The highest BCUT2D eigenvalue weighted by Gasteiger charge is 2.37. The minimum absolute atomic E-state index is 0. The molecule has 0 bridgehead atoms. The summed E-state index contributed by atoms with van der Waals surface area (Å²) in [5.74, 6) is 0.374. The van der Waals surface area contributed by atoms with E-state index in [1.165, 1.54) is 0 Å². The molecule has 3 rings (SSSR count). The third kappa shape index (κ3) is 4.08. The van der Waals surface area contributed by atoms with Crippen LogP contribution in [-0.4, -0.2) is 35.8 Å². The molecule has 1 saturated heterocycles. The number of halogens is 1. The van der Waals surface area contributed by atoms with Crippen LogP contribution >= 0.6 is 12.4 Å². The fourth-order valence-electron chi connectivity index (χ4n) is 3.13. The van der Waals surface area contributed by atoms with Gasteiger partial charge in [0.25, 0.3) is 0 Å².